The van der Waals surface area contributed by atoms with Crippen molar-refractivity contribution in [3.63, 3.8) is 0 Å². The summed E-state index contributed by atoms with van der Waals surface area (Å²) in [6, 6.07) is 31.7. The van der Waals surface area contributed by atoms with Crippen LogP contribution in [0, 0.1) is 0 Å². The maximum absolute atomic E-state index is 11.5. The number of primary amides is 1. The van der Waals surface area contributed by atoms with Crippen molar-refractivity contribution < 1.29 is 4.79 Å². The Morgan fingerprint density at radius 3 is 2.33 bits per heavy atom. The summed E-state index contributed by atoms with van der Waals surface area (Å²) in [5.74, 6) is 0.338. The highest BCUT2D eigenvalue weighted by Gasteiger charge is 2.13. The van der Waals surface area contributed by atoms with Gasteiger partial charge in [-0.25, -0.2) is 4.98 Å². The number of rotatable bonds is 6. The molecule has 33 heavy (non-hydrogen) atoms. The Balaban J connectivity index is 1.65. The monoisotopic (exact) mass is 430 g/mol. The van der Waals surface area contributed by atoms with Crippen LogP contribution in [0.25, 0.3) is 33.2 Å². The molecule has 5 nitrogen and oxygen atoms in total. The molecule has 160 valence electrons. The Hall–Kier alpha value is -4.51. The molecule has 2 heterocycles. The Labute approximate surface area is 192 Å². The van der Waals surface area contributed by atoms with E-state index in [1.165, 1.54) is 0 Å². The number of nitrogens with two attached hydrogens (primary N) is 1. The second-order valence-corrected chi connectivity index (χ2v) is 7.74. The van der Waals surface area contributed by atoms with Gasteiger partial charge in [-0.15, -0.1) is 0 Å². The molecule has 0 radical (unpaired) electrons. The number of carbonyl (C=O) groups is 1. The number of benzene rings is 3. The molecule has 0 spiro atoms. The van der Waals surface area contributed by atoms with Gasteiger partial charge in [-0.1, -0.05) is 66.7 Å². The molecule has 0 atom stereocenters. The van der Waals surface area contributed by atoms with E-state index in [-0.39, 0.29) is 0 Å². The van der Waals surface area contributed by atoms with Gasteiger partial charge >= 0.3 is 0 Å². The van der Waals surface area contributed by atoms with E-state index in [2.05, 4.69) is 46.7 Å². The first-order valence-corrected chi connectivity index (χ1v) is 10.7. The molecule has 5 aromatic rings. The normalized spacial score (nSPS) is 10.8. The zero-order valence-electron chi connectivity index (χ0n) is 17.9. The van der Waals surface area contributed by atoms with Gasteiger partial charge < -0.3 is 11.1 Å². The minimum atomic E-state index is -0.446. The zero-order valence-corrected chi connectivity index (χ0v) is 17.9. The molecule has 1 amide bonds. The van der Waals surface area contributed by atoms with Gasteiger partial charge in [0.05, 0.1) is 17.9 Å². The third-order valence-electron chi connectivity index (χ3n) is 5.57. The fraction of sp³-hybridized carbons (Fsp3) is 0.0357. The van der Waals surface area contributed by atoms with E-state index in [4.69, 9.17) is 10.7 Å². The van der Waals surface area contributed by atoms with E-state index in [1.807, 2.05) is 48.5 Å². The van der Waals surface area contributed by atoms with Crippen LogP contribution in [0.4, 0.5) is 5.82 Å². The molecule has 0 aliphatic rings. The first kappa shape index (κ1) is 20.4. The van der Waals surface area contributed by atoms with E-state index in [0.29, 0.717) is 12.1 Å². The fourth-order valence-electron chi connectivity index (χ4n) is 3.93. The minimum Gasteiger partial charge on any atom is -0.366 e. The molecule has 0 saturated carbocycles. The van der Waals surface area contributed by atoms with Crippen molar-refractivity contribution in [2.75, 3.05) is 5.32 Å². The second-order valence-electron chi connectivity index (χ2n) is 7.74. The molecule has 0 bridgehead atoms. The molecule has 0 aliphatic carbocycles. The van der Waals surface area contributed by atoms with Crippen molar-refractivity contribution in [2.24, 2.45) is 5.73 Å². The number of amides is 1. The van der Waals surface area contributed by atoms with Crippen LogP contribution < -0.4 is 11.1 Å². The van der Waals surface area contributed by atoms with Gasteiger partial charge in [0.25, 0.3) is 0 Å². The van der Waals surface area contributed by atoms with Gasteiger partial charge in [0.1, 0.15) is 5.82 Å². The van der Waals surface area contributed by atoms with Crippen molar-refractivity contribution in [2.45, 2.75) is 6.54 Å². The number of fused-ring (bicyclic) bond motifs is 1. The Bertz CT molecular complexity index is 1420. The van der Waals surface area contributed by atoms with Crippen LogP contribution in [0.1, 0.15) is 16.1 Å². The molecule has 0 aliphatic heterocycles. The number of pyridine rings is 2. The third-order valence-corrected chi connectivity index (χ3v) is 5.57. The van der Waals surface area contributed by atoms with Crippen molar-refractivity contribution in [3.05, 3.63) is 115 Å². The second kappa shape index (κ2) is 8.93. The van der Waals surface area contributed by atoms with E-state index in [0.717, 1.165) is 44.7 Å². The average molecular weight is 431 g/mol. The van der Waals surface area contributed by atoms with Gasteiger partial charge in [-0.05, 0) is 46.8 Å². The SMILES string of the molecule is NC(=O)c1ccc(-c2cc3cccc(-c4ccccc4)c3c(NCc3ccccn3)n2)cc1. The molecule has 5 rings (SSSR count). The highest BCUT2D eigenvalue weighted by Crippen LogP contribution is 2.35. The lowest BCUT2D eigenvalue weighted by atomic mass is 9.97. The molecular formula is C28H22N4O. The lowest BCUT2D eigenvalue weighted by molar-refractivity contribution is 0.100. The van der Waals surface area contributed by atoms with Crippen molar-refractivity contribution in [1.82, 2.24) is 9.97 Å². The number of hydrogen-bond donors (Lipinski definition) is 2. The van der Waals surface area contributed by atoms with E-state index in [9.17, 15) is 4.79 Å². The predicted octanol–water partition coefficient (Wildman–Crippen LogP) is 5.67. The predicted molar refractivity (Wildman–Crippen MR) is 133 cm³/mol. The van der Waals surface area contributed by atoms with Crippen LogP contribution >= 0.6 is 0 Å². The fourth-order valence-corrected chi connectivity index (χ4v) is 3.93. The number of nitrogens with one attached hydrogen (secondary N) is 1. The lowest BCUT2D eigenvalue weighted by Crippen LogP contribution is -2.10. The molecule has 0 unspecified atom stereocenters. The highest BCUT2D eigenvalue weighted by atomic mass is 16.1. The third kappa shape index (κ3) is 4.29. The smallest absolute Gasteiger partial charge is 0.248 e. The summed E-state index contributed by atoms with van der Waals surface area (Å²) in [6.45, 7) is 0.552. The zero-order chi connectivity index (χ0) is 22.6. The van der Waals surface area contributed by atoms with Gasteiger partial charge in [-0.3, -0.25) is 9.78 Å². The van der Waals surface area contributed by atoms with E-state index in [1.54, 1.807) is 18.3 Å². The Morgan fingerprint density at radius 2 is 1.61 bits per heavy atom. The molecule has 3 aromatic carbocycles. The van der Waals surface area contributed by atoms with Gasteiger partial charge in [0, 0.05) is 22.7 Å². The van der Waals surface area contributed by atoms with Crippen LogP contribution in [0.2, 0.25) is 0 Å². The van der Waals surface area contributed by atoms with Gasteiger partial charge in [-0.2, -0.15) is 0 Å². The average Bonchev–Trinajstić information content (AvgIpc) is 2.88. The molecular weight excluding hydrogens is 408 g/mol. The van der Waals surface area contributed by atoms with Crippen LogP contribution in [0.3, 0.4) is 0 Å². The van der Waals surface area contributed by atoms with Crippen LogP contribution in [0.15, 0.2) is 103 Å². The van der Waals surface area contributed by atoms with Crippen molar-refractivity contribution in [1.29, 1.82) is 0 Å². The molecule has 0 fully saturated rings. The number of nitrogens with zero attached hydrogens (tertiary/aromatic N) is 2. The molecule has 5 heteroatoms. The topological polar surface area (TPSA) is 80.9 Å². The summed E-state index contributed by atoms with van der Waals surface area (Å²) in [4.78, 5) is 20.9. The van der Waals surface area contributed by atoms with Gasteiger partial charge in [0.2, 0.25) is 5.91 Å². The van der Waals surface area contributed by atoms with Crippen molar-refractivity contribution in [3.8, 4) is 22.4 Å². The quantitative estimate of drug-likeness (QED) is 0.363. The Morgan fingerprint density at radius 1 is 0.818 bits per heavy atom. The summed E-state index contributed by atoms with van der Waals surface area (Å²) < 4.78 is 0. The molecule has 3 N–H and O–H groups in total. The van der Waals surface area contributed by atoms with Crippen LogP contribution in [-0.2, 0) is 6.54 Å². The van der Waals surface area contributed by atoms with Crippen LogP contribution in [0.5, 0.6) is 0 Å². The molecule has 2 aromatic heterocycles. The number of aromatic nitrogens is 2. The molecule has 0 saturated heterocycles. The highest BCUT2D eigenvalue weighted by molar-refractivity contribution is 6.05. The van der Waals surface area contributed by atoms with E-state index < -0.39 is 5.91 Å². The summed E-state index contributed by atoms with van der Waals surface area (Å²) in [5, 5.41) is 5.63. The number of anilines is 1. The summed E-state index contributed by atoms with van der Waals surface area (Å²) in [7, 11) is 0. The van der Waals surface area contributed by atoms with E-state index >= 15 is 0 Å². The largest absolute Gasteiger partial charge is 0.366 e. The minimum absolute atomic E-state index is 0.446. The Kier molecular flexibility index (Phi) is 5.52. The standard InChI is InChI=1S/C28H22N4O/c29-27(33)21-14-12-20(13-15-21)25-17-22-9-6-11-24(19-7-2-1-3-8-19)26(22)28(32-25)31-18-23-10-4-5-16-30-23/h1-17H,18H2,(H2,29,33)(H,31,32). The summed E-state index contributed by atoms with van der Waals surface area (Å²) in [6.07, 6.45) is 1.79. The van der Waals surface area contributed by atoms with Gasteiger partial charge in [0.15, 0.2) is 0 Å². The first-order chi connectivity index (χ1) is 16.2. The summed E-state index contributed by atoms with van der Waals surface area (Å²) in [5.41, 5.74) is 10.8. The number of carbonyl (C=O) groups excluding carboxylic acids is 1. The summed E-state index contributed by atoms with van der Waals surface area (Å²) >= 11 is 0. The lowest BCUT2D eigenvalue weighted by Gasteiger charge is -2.15. The number of hydrogen-bond acceptors (Lipinski definition) is 4. The van der Waals surface area contributed by atoms with Crippen molar-refractivity contribution >= 4 is 22.5 Å². The van der Waals surface area contributed by atoms with Crippen LogP contribution in [-0.4, -0.2) is 15.9 Å². The first-order valence-electron chi connectivity index (χ1n) is 10.7. The maximum Gasteiger partial charge on any atom is 0.248 e. The maximum atomic E-state index is 11.5.